The number of rotatable bonds is 6. The van der Waals surface area contributed by atoms with E-state index in [1.165, 1.54) is 0 Å². The van der Waals surface area contributed by atoms with Gasteiger partial charge in [-0.3, -0.25) is 10.1 Å². The van der Waals surface area contributed by atoms with Gasteiger partial charge in [0.2, 0.25) is 0 Å². The minimum atomic E-state index is -0.331. The zero-order valence-electron chi connectivity index (χ0n) is 11.8. The number of benzene rings is 2. The van der Waals surface area contributed by atoms with Crippen LogP contribution in [0.1, 0.15) is 19.8 Å². The van der Waals surface area contributed by atoms with E-state index in [-0.39, 0.29) is 10.6 Å². The number of anilines is 2. The van der Waals surface area contributed by atoms with Crippen LogP contribution in [0.4, 0.5) is 17.1 Å². The fraction of sp³-hybridized carbons (Fsp3) is 0.250. The lowest BCUT2D eigenvalue weighted by Gasteiger charge is -2.24. The summed E-state index contributed by atoms with van der Waals surface area (Å²) in [6.07, 6.45) is 2.01. The van der Waals surface area contributed by atoms with Crippen molar-refractivity contribution in [3.8, 4) is 0 Å². The van der Waals surface area contributed by atoms with Gasteiger partial charge >= 0.3 is 0 Å². The van der Waals surface area contributed by atoms with Gasteiger partial charge in [-0.25, -0.2) is 0 Å². The van der Waals surface area contributed by atoms with Crippen LogP contribution in [0, 0.1) is 10.1 Å². The van der Waals surface area contributed by atoms with Gasteiger partial charge in [0.1, 0.15) is 5.69 Å². The van der Waals surface area contributed by atoms with Gasteiger partial charge in [0.15, 0.2) is 0 Å². The van der Waals surface area contributed by atoms with Gasteiger partial charge in [-0.15, -0.1) is 0 Å². The largest absolute Gasteiger partial charge is 0.336 e. The fourth-order valence-corrected chi connectivity index (χ4v) is 2.53. The van der Waals surface area contributed by atoms with Gasteiger partial charge in [-0.2, -0.15) is 0 Å². The first-order chi connectivity index (χ1) is 10.1. The topological polar surface area (TPSA) is 46.4 Å². The Morgan fingerprint density at radius 3 is 2.52 bits per heavy atom. The zero-order chi connectivity index (χ0) is 15.2. The standard InChI is InChI=1S/C16H17BrN2O2/c1-2-3-11-18(14-7-5-4-6-8-14)15-10-9-13(17)12-16(15)19(20)21/h4-10,12H,2-3,11H2,1H3. The van der Waals surface area contributed by atoms with Crippen LogP contribution in [0.5, 0.6) is 0 Å². The lowest BCUT2D eigenvalue weighted by molar-refractivity contribution is -0.384. The lowest BCUT2D eigenvalue weighted by atomic mass is 10.2. The number of nitro groups is 1. The number of nitrogens with zero attached hydrogens (tertiary/aromatic N) is 2. The summed E-state index contributed by atoms with van der Waals surface area (Å²) in [5.41, 5.74) is 1.71. The smallest absolute Gasteiger partial charge is 0.294 e. The highest BCUT2D eigenvalue weighted by Crippen LogP contribution is 2.35. The van der Waals surface area contributed by atoms with E-state index in [4.69, 9.17) is 0 Å². The Kier molecular flexibility index (Phi) is 5.33. The van der Waals surface area contributed by atoms with Crippen LogP contribution in [-0.2, 0) is 0 Å². The van der Waals surface area contributed by atoms with E-state index in [1.807, 2.05) is 41.3 Å². The van der Waals surface area contributed by atoms with Gasteiger partial charge in [0, 0.05) is 22.8 Å². The van der Waals surface area contributed by atoms with Crippen molar-refractivity contribution < 1.29 is 4.92 Å². The van der Waals surface area contributed by atoms with Crippen molar-refractivity contribution in [3.05, 3.63) is 63.1 Å². The molecule has 0 atom stereocenters. The summed E-state index contributed by atoms with van der Waals surface area (Å²) < 4.78 is 0.710. The molecule has 4 nitrogen and oxygen atoms in total. The number of nitro benzene ring substituents is 1. The minimum absolute atomic E-state index is 0.115. The Labute approximate surface area is 132 Å². The predicted octanol–water partition coefficient (Wildman–Crippen LogP) is 5.30. The molecule has 0 fully saturated rings. The Morgan fingerprint density at radius 2 is 1.90 bits per heavy atom. The number of unbranched alkanes of at least 4 members (excludes halogenated alkanes) is 1. The summed E-state index contributed by atoms with van der Waals surface area (Å²) in [6.45, 7) is 2.86. The van der Waals surface area contributed by atoms with E-state index >= 15 is 0 Å². The van der Waals surface area contributed by atoms with Crippen LogP contribution in [-0.4, -0.2) is 11.5 Å². The van der Waals surface area contributed by atoms with Crippen LogP contribution in [0.3, 0.4) is 0 Å². The second kappa shape index (κ2) is 7.22. The first-order valence-corrected chi connectivity index (χ1v) is 7.69. The van der Waals surface area contributed by atoms with E-state index < -0.39 is 0 Å². The maximum Gasteiger partial charge on any atom is 0.294 e. The van der Waals surface area contributed by atoms with Crippen LogP contribution in [0.15, 0.2) is 53.0 Å². The van der Waals surface area contributed by atoms with Crippen molar-refractivity contribution in [2.24, 2.45) is 0 Å². The zero-order valence-corrected chi connectivity index (χ0v) is 13.4. The molecule has 21 heavy (non-hydrogen) atoms. The van der Waals surface area contributed by atoms with Crippen molar-refractivity contribution >= 4 is 33.0 Å². The molecule has 110 valence electrons. The summed E-state index contributed by atoms with van der Waals surface area (Å²) >= 11 is 3.30. The number of hydrogen-bond acceptors (Lipinski definition) is 3. The third-order valence-corrected chi connectivity index (χ3v) is 3.72. The van der Waals surface area contributed by atoms with E-state index in [9.17, 15) is 10.1 Å². The summed E-state index contributed by atoms with van der Waals surface area (Å²) in [5, 5.41) is 11.3. The molecule has 0 aliphatic carbocycles. The van der Waals surface area contributed by atoms with E-state index in [2.05, 4.69) is 22.9 Å². The molecule has 0 radical (unpaired) electrons. The number of halogens is 1. The molecular weight excluding hydrogens is 332 g/mol. The van der Waals surface area contributed by atoms with Gasteiger partial charge in [-0.1, -0.05) is 47.5 Å². The van der Waals surface area contributed by atoms with Crippen molar-refractivity contribution in [2.45, 2.75) is 19.8 Å². The molecule has 0 amide bonds. The average molecular weight is 349 g/mol. The lowest BCUT2D eigenvalue weighted by Crippen LogP contribution is -2.19. The molecule has 5 heteroatoms. The van der Waals surface area contributed by atoms with Gasteiger partial charge in [0.25, 0.3) is 5.69 Å². The van der Waals surface area contributed by atoms with Gasteiger partial charge < -0.3 is 4.90 Å². The van der Waals surface area contributed by atoms with Crippen LogP contribution in [0.25, 0.3) is 0 Å². The van der Waals surface area contributed by atoms with Crippen molar-refractivity contribution in [1.29, 1.82) is 0 Å². The molecule has 0 unspecified atom stereocenters. The second-order valence-electron chi connectivity index (χ2n) is 4.73. The minimum Gasteiger partial charge on any atom is -0.336 e. The molecule has 0 heterocycles. The summed E-state index contributed by atoms with van der Waals surface area (Å²) in [5.74, 6) is 0. The molecule has 2 aromatic rings. The van der Waals surface area contributed by atoms with Crippen LogP contribution >= 0.6 is 15.9 Å². The SMILES string of the molecule is CCCCN(c1ccccc1)c1ccc(Br)cc1[N+](=O)[O-]. The maximum absolute atomic E-state index is 11.3. The molecule has 0 aliphatic rings. The molecule has 2 aromatic carbocycles. The fourth-order valence-electron chi connectivity index (χ4n) is 2.18. The Morgan fingerprint density at radius 1 is 1.19 bits per heavy atom. The normalized spacial score (nSPS) is 10.4. The monoisotopic (exact) mass is 348 g/mol. The number of hydrogen-bond donors (Lipinski definition) is 0. The summed E-state index contributed by atoms with van der Waals surface area (Å²) in [7, 11) is 0. The highest BCUT2D eigenvalue weighted by atomic mass is 79.9. The van der Waals surface area contributed by atoms with E-state index in [0.717, 1.165) is 25.1 Å². The summed E-state index contributed by atoms with van der Waals surface area (Å²) in [6, 6.07) is 15.0. The maximum atomic E-state index is 11.3. The van der Waals surface area contributed by atoms with E-state index in [1.54, 1.807) is 12.1 Å². The Hall–Kier alpha value is -1.88. The second-order valence-corrected chi connectivity index (χ2v) is 5.65. The molecule has 0 aromatic heterocycles. The predicted molar refractivity (Wildman–Crippen MR) is 89.2 cm³/mol. The third-order valence-electron chi connectivity index (χ3n) is 3.23. The quantitative estimate of drug-likeness (QED) is 0.525. The number of para-hydroxylation sites is 1. The molecule has 2 rings (SSSR count). The Balaban J connectivity index is 2.48. The highest BCUT2D eigenvalue weighted by molar-refractivity contribution is 9.10. The average Bonchev–Trinajstić information content (AvgIpc) is 2.49. The van der Waals surface area contributed by atoms with E-state index in [0.29, 0.717) is 10.2 Å². The van der Waals surface area contributed by atoms with Gasteiger partial charge in [-0.05, 0) is 30.7 Å². The van der Waals surface area contributed by atoms with Crippen molar-refractivity contribution in [1.82, 2.24) is 0 Å². The molecule has 0 N–H and O–H groups in total. The molecule has 0 bridgehead atoms. The van der Waals surface area contributed by atoms with Crippen LogP contribution in [0.2, 0.25) is 0 Å². The molecule has 0 aliphatic heterocycles. The summed E-state index contributed by atoms with van der Waals surface area (Å²) in [4.78, 5) is 13.0. The first kappa shape index (κ1) is 15.5. The van der Waals surface area contributed by atoms with Crippen molar-refractivity contribution in [3.63, 3.8) is 0 Å². The molecule has 0 saturated heterocycles. The Bertz CT molecular complexity index is 617. The molecular formula is C16H17BrN2O2. The third kappa shape index (κ3) is 3.82. The van der Waals surface area contributed by atoms with Crippen molar-refractivity contribution in [2.75, 3.05) is 11.4 Å². The highest BCUT2D eigenvalue weighted by Gasteiger charge is 2.20. The molecule has 0 spiro atoms. The van der Waals surface area contributed by atoms with Crippen LogP contribution < -0.4 is 4.90 Å². The molecule has 0 saturated carbocycles. The first-order valence-electron chi connectivity index (χ1n) is 6.90. The van der Waals surface area contributed by atoms with Gasteiger partial charge in [0.05, 0.1) is 4.92 Å².